The third-order valence-corrected chi connectivity index (χ3v) is 6.89. The second kappa shape index (κ2) is 8.49. The monoisotopic (exact) mass is 373 g/mol. The van der Waals surface area contributed by atoms with E-state index in [-0.39, 0.29) is 17.9 Å². The van der Waals surface area contributed by atoms with Crippen molar-refractivity contribution in [2.45, 2.75) is 37.5 Å². The average Bonchev–Trinajstić information content (AvgIpc) is 2.64. The van der Waals surface area contributed by atoms with Crippen LogP contribution in [0.25, 0.3) is 0 Å². The molecule has 26 heavy (non-hydrogen) atoms. The summed E-state index contributed by atoms with van der Waals surface area (Å²) < 4.78 is 23.7. The fourth-order valence-electron chi connectivity index (χ4n) is 3.02. The summed E-state index contributed by atoms with van der Waals surface area (Å²) in [6.45, 7) is 3.43. The maximum atomic E-state index is 12.9. The molecule has 5 heteroatoms. The quantitative estimate of drug-likeness (QED) is 0.746. The van der Waals surface area contributed by atoms with Crippen LogP contribution in [-0.2, 0) is 14.6 Å². The summed E-state index contributed by atoms with van der Waals surface area (Å²) >= 11 is 0. The Hall–Kier alpha value is -2.14. The molecule has 4 nitrogen and oxygen atoms in total. The van der Waals surface area contributed by atoms with Crippen LogP contribution in [0.1, 0.15) is 37.3 Å². The highest BCUT2D eigenvalue weighted by molar-refractivity contribution is 7.91. The second-order valence-electron chi connectivity index (χ2n) is 6.86. The molecule has 0 aromatic heterocycles. The van der Waals surface area contributed by atoms with Crippen LogP contribution in [0.4, 0.5) is 0 Å². The molecule has 1 amide bonds. The summed E-state index contributed by atoms with van der Waals surface area (Å²) in [4.78, 5) is 14.5. The Morgan fingerprint density at radius 1 is 0.923 bits per heavy atom. The summed E-state index contributed by atoms with van der Waals surface area (Å²) in [6, 6.07) is 19.5. The fraction of sp³-hybridized carbons (Fsp3) is 0.381. The van der Waals surface area contributed by atoms with Gasteiger partial charge in [0.05, 0.1) is 5.25 Å². The normalized spacial score (nSPS) is 14.0. The first-order valence-corrected chi connectivity index (χ1v) is 10.7. The van der Waals surface area contributed by atoms with Gasteiger partial charge in [0.15, 0.2) is 9.84 Å². The van der Waals surface area contributed by atoms with Crippen molar-refractivity contribution < 1.29 is 13.2 Å². The van der Waals surface area contributed by atoms with E-state index in [9.17, 15) is 13.2 Å². The number of amides is 1. The van der Waals surface area contributed by atoms with E-state index in [2.05, 4.69) is 0 Å². The Balaban J connectivity index is 2.24. The molecule has 0 aliphatic heterocycles. The van der Waals surface area contributed by atoms with E-state index in [1.807, 2.05) is 60.7 Å². The molecule has 0 aliphatic carbocycles. The lowest BCUT2D eigenvalue weighted by molar-refractivity contribution is -0.131. The molecule has 2 rings (SSSR count). The highest BCUT2D eigenvalue weighted by Crippen LogP contribution is 2.29. The minimum absolute atomic E-state index is 0.0620. The highest BCUT2D eigenvalue weighted by Gasteiger charge is 2.29. The predicted molar refractivity (Wildman–Crippen MR) is 106 cm³/mol. The summed E-state index contributed by atoms with van der Waals surface area (Å²) in [5.41, 5.74) is 2.15. The Labute approximate surface area is 156 Å². The van der Waals surface area contributed by atoms with Gasteiger partial charge in [0.2, 0.25) is 5.91 Å². The van der Waals surface area contributed by atoms with Gasteiger partial charge in [-0.1, -0.05) is 60.7 Å². The summed E-state index contributed by atoms with van der Waals surface area (Å²) in [6.07, 6.45) is 1.51. The number of rotatable bonds is 7. The molecule has 0 bridgehead atoms. The number of hydrogen-bond donors (Lipinski definition) is 0. The lowest BCUT2D eigenvalue weighted by Gasteiger charge is -2.30. The second-order valence-corrected chi connectivity index (χ2v) is 9.26. The molecular formula is C21H27NO3S. The van der Waals surface area contributed by atoms with Crippen molar-refractivity contribution in [1.82, 2.24) is 4.90 Å². The fourth-order valence-corrected chi connectivity index (χ4v) is 3.92. The van der Waals surface area contributed by atoms with E-state index in [1.165, 1.54) is 6.26 Å². The third-order valence-electron chi connectivity index (χ3n) is 5.14. The molecule has 140 valence electrons. The Bertz CT molecular complexity index is 779. The SMILES string of the molecule is CC(C(C)S(C)(=O)=O)N(C)C(=O)CC(c1ccccc1)c1ccccc1. The molecule has 0 spiro atoms. The van der Waals surface area contributed by atoms with Crippen LogP contribution < -0.4 is 0 Å². The molecule has 0 radical (unpaired) electrons. The predicted octanol–water partition coefficient (Wildman–Crippen LogP) is 3.49. The highest BCUT2D eigenvalue weighted by atomic mass is 32.2. The van der Waals surface area contributed by atoms with Gasteiger partial charge in [0, 0.05) is 31.7 Å². The molecule has 0 heterocycles. The van der Waals surface area contributed by atoms with Crippen LogP contribution in [-0.4, -0.2) is 43.8 Å². The van der Waals surface area contributed by atoms with Gasteiger partial charge >= 0.3 is 0 Å². The molecule has 0 N–H and O–H groups in total. The Morgan fingerprint density at radius 3 is 1.73 bits per heavy atom. The maximum absolute atomic E-state index is 12.9. The summed E-state index contributed by atoms with van der Waals surface area (Å²) in [5.74, 6) is -0.126. The number of carbonyl (C=O) groups is 1. The number of benzene rings is 2. The van der Waals surface area contributed by atoms with Gasteiger partial charge < -0.3 is 4.90 Å². The minimum atomic E-state index is -3.21. The summed E-state index contributed by atoms with van der Waals surface area (Å²) in [5, 5.41) is -0.608. The van der Waals surface area contributed by atoms with Crippen molar-refractivity contribution in [3.8, 4) is 0 Å². The lowest BCUT2D eigenvalue weighted by atomic mass is 9.88. The van der Waals surface area contributed by atoms with Gasteiger partial charge in [-0.2, -0.15) is 0 Å². The van der Waals surface area contributed by atoms with Crippen LogP contribution in [0.3, 0.4) is 0 Å². The van der Waals surface area contributed by atoms with Gasteiger partial charge in [0.1, 0.15) is 0 Å². The van der Waals surface area contributed by atoms with Crippen LogP contribution in [0, 0.1) is 0 Å². The van der Waals surface area contributed by atoms with Crippen molar-refractivity contribution >= 4 is 15.7 Å². The zero-order valence-corrected chi connectivity index (χ0v) is 16.6. The van der Waals surface area contributed by atoms with Gasteiger partial charge in [0.25, 0.3) is 0 Å². The molecular weight excluding hydrogens is 346 g/mol. The van der Waals surface area contributed by atoms with E-state index in [4.69, 9.17) is 0 Å². The van der Waals surface area contributed by atoms with Gasteiger partial charge in [-0.15, -0.1) is 0 Å². The molecule has 0 fully saturated rings. The standard InChI is InChI=1S/C21H27NO3S/c1-16(17(2)26(4,24)25)22(3)21(23)15-20(18-11-7-5-8-12-18)19-13-9-6-10-14-19/h5-14,16-17,20H,15H2,1-4H3. The molecule has 0 saturated heterocycles. The molecule has 0 aliphatic rings. The first-order chi connectivity index (χ1) is 12.2. The largest absolute Gasteiger partial charge is 0.342 e. The molecule has 2 aromatic rings. The average molecular weight is 374 g/mol. The van der Waals surface area contributed by atoms with Crippen LogP contribution in [0.2, 0.25) is 0 Å². The minimum Gasteiger partial charge on any atom is -0.342 e. The number of nitrogens with zero attached hydrogens (tertiary/aromatic N) is 1. The van der Waals surface area contributed by atoms with E-state index in [0.717, 1.165) is 11.1 Å². The molecule has 2 unspecified atom stereocenters. The topological polar surface area (TPSA) is 54.5 Å². The van der Waals surface area contributed by atoms with Gasteiger partial charge in [-0.05, 0) is 25.0 Å². The first-order valence-electron chi connectivity index (χ1n) is 8.76. The van der Waals surface area contributed by atoms with Crippen molar-refractivity contribution in [3.05, 3.63) is 71.8 Å². The van der Waals surface area contributed by atoms with Crippen molar-refractivity contribution in [2.24, 2.45) is 0 Å². The van der Waals surface area contributed by atoms with Crippen molar-refractivity contribution in [2.75, 3.05) is 13.3 Å². The van der Waals surface area contributed by atoms with E-state index < -0.39 is 15.1 Å². The number of hydrogen-bond acceptors (Lipinski definition) is 3. The zero-order chi connectivity index (χ0) is 19.3. The Morgan fingerprint density at radius 2 is 1.35 bits per heavy atom. The van der Waals surface area contributed by atoms with Crippen LogP contribution >= 0.6 is 0 Å². The molecule has 0 saturated carbocycles. The summed E-state index contributed by atoms with van der Waals surface area (Å²) in [7, 11) is -1.53. The van der Waals surface area contributed by atoms with Gasteiger partial charge in [-0.3, -0.25) is 4.79 Å². The van der Waals surface area contributed by atoms with Crippen LogP contribution in [0.15, 0.2) is 60.7 Å². The zero-order valence-electron chi connectivity index (χ0n) is 15.8. The van der Waals surface area contributed by atoms with Crippen molar-refractivity contribution in [3.63, 3.8) is 0 Å². The van der Waals surface area contributed by atoms with E-state index in [1.54, 1.807) is 25.8 Å². The van der Waals surface area contributed by atoms with Crippen LogP contribution in [0.5, 0.6) is 0 Å². The number of sulfone groups is 1. The number of carbonyl (C=O) groups excluding carboxylic acids is 1. The third kappa shape index (κ3) is 4.94. The smallest absolute Gasteiger partial charge is 0.223 e. The lowest BCUT2D eigenvalue weighted by Crippen LogP contribution is -2.44. The van der Waals surface area contributed by atoms with Crippen molar-refractivity contribution in [1.29, 1.82) is 0 Å². The van der Waals surface area contributed by atoms with E-state index >= 15 is 0 Å². The Kier molecular flexibility index (Phi) is 6.59. The van der Waals surface area contributed by atoms with Gasteiger partial charge in [-0.25, -0.2) is 8.42 Å². The first kappa shape index (κ1) is 20.2. The molecule has 2 atom stereocenters. The maximum Gasteiger partial charge on any atom is 0.223 e. The van der Waals surface area contributed by atoms with E-state index in [0.29, 0.717) is 6.42 Å². The molecule has 2 aromatic carbocycles.